The highest BCUT2D eigenvalue weighted by molar-refractivity contribution is 6.04. The Morgan fingerprint density at radius 2 is 1.67 bits per heavy atom. The number of hydrogen-bond acceptors (Lipinski definition) is 3. The molecule has 1 aliphatic rings. The van der Waals surface area contributed by atoms with Crippen molar-refractivity contribution in [1.82, 2.24) is 10.2 Å². The van der Waals surface area contributed by atoms with Gasteiger partial charge in [0.25, 0.3) is 11.8 Å². The number of aryl methyl sites for hydroxylation is 1. The van der Waals surface area contributed by atoms with E-state index >= 15 is 0 Å². The fraction of sp³-hybridized carbons (Fsp3) is 0.375. The Balaban J connectivity index is 1.62. The zero-order valence-corrected chi connectivity index (χ0v) is 17.6. The predicted octanol–water partition coefficient (Wildman–Crippen LogP) is 3.77. The highest BCUT2D eigenvalue weighted by atomic mass is 16.2. The number of benzene rings is 2. The number of amides is 3. The van der Waals surface area contributed by atoms with Crippen molar-refractivity contribution in [2.75, 3.05) is 18.4 Å². The summed E-state index contributed by atoms with van der Waals surface area (Å²) in [6.07, 6.45) is 3.46. The van der Waals surface area contributed by atoms with Gasteiger partial charge in [0.1, 0.15) is 6.04 Å². The van der Waals surface area contributed by atoms with Crippen LogP contribution in [-0.4, -0.2) is 41.8 Å². The molecule has 6 nitrogen and oxygen atoms in total. The highest BCUT2D eigenvalue weighted by Gasteiger charge is 2.34. The second kappa shape index (κ2) is 10.1. The van der Waals surface area contributed by atoms with Crippen molar-refractivity contribution < 1.29 is 14.4 Å². The van der Waals surface area contributed by atoms with Crippen molar-refractivity contribution in [2.24, 2.45) is 0 Å². The van der Waals surface area contributed by atoms with Crippen LogP contribution in [-0.2, 0) is 4.79 Å². The summed E-state index contributed by atoms with van der Waals surface area (Å²) in [6, 6.07) is 13.7. The molecule has 0 bridgehead atoms. The molecule has 1 atom stereocenters. The zero-order chi connectivity index (χ0) is 21.5. The largest absolute Gasteiger partial charge is 0.354 e. The number of hydrogen-bond donors (Lipinski definition) is 2. The van der Waals surface area contributed by atoms with E-state index in [9.17, 15) is 14.4 Å². The number of carbonyl (C=O) groups excluding carboxylic acids is 3. The van der Waals surface area contributed by atoms with E-state index in [2.05, 4.69) is 17.6 Å². The van der Waals surface area contributed by atoms with Crippen LogP contribution in [0.1, 0.15) is 58.9 Å². The molecule has 1 heterocycles. The second-order valence-corrected chi connectivity index (χ2v) is 7.70. The summed E-state index contributed by atoms with van der Waals surface area (Å²) in [6.45, 7) is 5.27. The van der Waals surface area contributed by atoms with Gasteiger partial charge in [-0.3, -0.25) is 14.4 Å². The molecule has 0 aromatic heterocycles. The minimum absolute atomic E-state index is 0.0729. The second-order valence-electron chi connectivity index (χ2n) is 7.70. The van der Waals surface area contributed by atoms with Gasteiger partial charge in [0.2, 0.25) is 5.91 Å². The molecule has 158 valence electrons. The van der Waals surface area contributed by atoms with Crippen LogP contribution in [0.2, 0.25) is 0 Å². The van der Waals surface area contributed by atoms with E-state index in [4.69, 9.17) is 0 Å². The molecule has 0 radical (unpaired) electrons. The molecule has 1 unspecified atom stereocenters. The maximum absolute atomic E-state index is 12.9. The Hall–Kier alpha value is -3.15. The molecule has 0 saturated carbocycles. The molecule has 3 amide bonds. The fourth-order valence-electron chi connectivity index (χ4n) is 3.56. The molecule has 2 aromatic carbocycles. The number of nitrogens with one attached hydrogen (secondary N) is 2. The predicted molar refractivity (Wildman–Crippen MR) is 118 cm³/mol. The molecular formula is C24H29N3O3. The van der Waals surface area contributed by atoms with Gasteiger partial charge in [0.15, 0.2) is 0 Å². The number of carbonyl (C=O) groups is 3. The number of rotatable bonds is 7. The van der Waals surface area contributed by atoms with E-state index in [1.165, 1.54) is 0 Å². The van der Waals surface area contributed by atoms with Crippen molar-refractivity contribution in [2.45, 2.75) is 45.6 Å². The van der Waals surface area contributed by atoms with Crippen molar-refractivity contribution in [3.8, 4) is 0 Å². The first-order chi connectivity index (χ1) is 14.5. The van der Waals surface area contributed by atoms with Crippen molar-refractivity contribution >= 4 is 23.4 Å². The summed E-state index contributed by atoms with van der Waals surface area (Å²) < 4.78 is 0. The Morgan fingerprint density at radius 3 is 2.33 bits per heavy atom. The lowest BCUT2D eigenvalue weighted by atomic mass is 10.1. The average molecular weight is 408 g/mol. The smallest absolute Gasteiger partial charge is 0.255 e. The number of likely N-dealkylation sites (tertiary alicyclic amines) is 1. The summed E-state index contributed by atoms with van der Waals surface area (Å²) in [5.74, 6) is -0.423. The highest BCUT2D eigenvalue weighted by Crippen LogP contribution is 2.21. The molecule has 0 aliphatic carbocycles. The van der Waals surface area contributed by atoms with Gasteiger partial charge in [-0.25, -0.2) is 0 Å². The fourth-order valence-corrected chi connectivity index (χ4v) is 3.56. The lowest BCUT2D eigenvalue weighted by Gasteiger charge is -2.24. The lowest BCUT2D eigenvalue weighted by molar-refractivity contribution is -0.124. The third-order valence-corrected chi connectivity index (χ3v) is 5.35. The van der Waals surface area contributed by atoms with Crippen molar-refractivity contribution in [1.29, 1.82) is 0 Å². The molecule has 1 saturated heterocycles. The Kier molecular flexibility index (Phi) is 7.22. The van der Waals surface area contributed by atoms with Crippen LogP contribution in [0.5, 0.6) is 0 Å². The summed E-state index contributed by atoms with van der Waals surface area (Å²) in [7, 11) is 0. The summed E-state index contributed by atoms with van der Waals surface area (Å²) in [4.78, 5) is 39.4. The first-order valence-electron chi connectivity index (χ1n) is 10.6. The third kappa shape index (κ3) is 5.26. The van der Waals surface area contributed by atoms with Gasteiger partial charge in [-0.1, -0.05) is 31.0 Å². The summed E-state index contributed by atoms with van der Waals surface area (Å²) >= 11 is 0. The molecule has 0 spiro atoms. The normalized spacial score (nSPS) is 15.7. The standard InChI is InChI=1S/C24H29N3O3/c1-3-4-15-25-23(29)21-6-5-16-27(21)24(30)19-11-13-20(14-12-19)26-22(28)18-9-7-17(2)8-10-18/h7-14,21H,3-6,15-16H2,1-2H3,(H,25,29)(H,26,28). The van der Waals surface area contributed by atoms with Crippen LogP contribution < -0.4 is 10.6 Å². The molecular weight excluding hydrogens is 378 g/mol. The van der Waals surface area contributed by atoms with Crippen LogP contribution >= 0.6 is 0 Å². The topological polar surface area (TPSA) is 78.5 Å². The van der Waals surface area contributed by atoms with Gasteiger partial charge in [-0.15, -0.1) is 0 Å². The number of anilines is 1. The van der Waals surface area contributed by atoms with Crippen molar-refractivity contribution in [3.05, 3.63) is 65.2 Å². The quantitative estimate of drug-likeness (QED) is 0.686. The van der Waals surface area contributed by atoms with Gasteiger partial charge >= 0.3 is 0 Å². The zero-order valence-electron chi connectivity index (χ0n) is 17.6. The molecule has 6 heteroatoms. The van der Waals surface area contributed by atoms with E-state index in [0.717, 1.165) is 24.8 Å². The van der Waals surface area contributed by atoms with E-state index < -0.39 is 6.04 Å². The van der Waals surface area contributed by atoms with Gasteiger partial charge in [0.05, 0.1) is 0 Å². The molecule has 1 aliphatic heterocycles. The molecule has 3 rings (SSSR count). The minimum atomic E-state index is -0.407. The van der Waals surface area contributed by atoms with Crippen LogP contribution in [0.25, 0.3) is 0 Å². The maximum atomic E-state index is 12.9. The monoisotopic (exact) mass is 407 g/mol. The number of nitrogens with zero attached hydrogens (tertiary/aromatic N) is 1. The minimum Gasteiger partial charge on any atom is -0.354 e. The first-order valence-corrected chi connectivity index (χ1v) is 10.6. The average Bonchev–Trinajstić information content (AvgIpc) is 3.24. The van der Waals surface area contributed by atoms with Gasteiger partial charge in [0, 0.05) is 29.9 Å². The Morgan fingerprint density at radius 1 is 1.00 bits per heavy atom. The van der Waals surface area contributed by atoms with Gasteiger partial charge < -0.3 is 15.5 Å². The number of unbranched alkanes of at least 4 members (excludes halogenated alkanes) is 1. The molecule has 2 aromatic rings. The summed E-state index contributed by atoms with van der Waals surface area (Å²) in [5.41, 5.74) is 2.80. The van der Waals surface area contributed by atoms with Gasteiger partial charge in [-0.05, 0) is 62.6 Å². The van der Waals surface area contributed by atoms with Crippen LogP contribution in [0.3, 0.4) is 0 Å². The Labute approximate surface area is 177 Å². The van der Waals surface area contributed by atoms with E-state index in [-0.39, 0.29) is 17.7 Å². The summed E-state index contributed by atoms with van der Waals surface area (Å²) in [5, 5.41) is 5.77. The lowest BCUT2D eigenvalue weighted by Crippen LogP contribution is -2.46. The molecule has 1 fully saturated rings. The van der Waals surface area contributed by atoms with Crippen LogP contribution in [0, 0.1) is 6.92 Å². The third-order valence-electron chi connectivity index (χ3n) is 5.35. The Bertz CT molecular complexity index is 891. The maximum Gasteiger partial charge on any atom is 0.255 e. The van der Waals surface area contributed by atoms with E-state index in [0.29, 0.717) is 36.3 Å². The van der Waals surface area contributed by atoms with Gasteiger partial charge in [-0.2, -0.15) is 0 Å². The van der Waals surface area contributed by atoms with Crippen LogP contribution in [0.15, 0.2) is 48.5 Å². The molecule has 2 N–H and O–H groups in total. The van der Waals surface area contributed by atoms with Crippen molar-refractivity contribution in [3.63, 3.8) is 0 Å². The SMILES string of the molecule is CCCCNC(=O)C1CCCN1C(=O)c1ccc(NC(=O)c2ccc(C)cc2)cc1. The van der Waals surface area contributed by atoms with E-state index in [1.807, 2.05) is 19.1 Å². The molecule has 30 heavy (non-hydrogen) atoms. The first kappa shape index (κ1) is 21.6. The van der Waals surface area contributed by atoms with Crippen LogP contribution in [0.4, 0.5) is 5.69 Å². The van der Waals surface area contributed by atoms with E-state index in [1.54, 1.807) is 41.3 Å².